The summed E-state index contributed by atoms with van der Waals surface area (Å²) in [6.07, 6.45) is 0.754. The molecule has 0 N–H and O–H groups in total. The summed E-state index contributed by atoms with van der Waals surface area (Å²) in [4.78, 5) is 32.9. The summed E-state index contributed by atoms with van der Waals surface area (Å²) in [6.45, 7) is 6.99. The second-order valence-electron chi connectivity index (χ2n) is 7.34. The lowest BCUT2D eigenvalue weighted by Gasteiger charge is -2.34. The van der Waals surface area contributed by atoms with E-state index in [1.54, 1.807) is 4.90 Å². The average molecular weight is 374 g/mol. The van der Waals surface area contributed by atoms with Gasteiger partial charge < -0.3 is 19.4 Å². The maximum Gasteiger partial charge on any atom is 0.410 e. The molecule has 0 spiro atoms. The first-order valence-corrected chi connectivity index (χ1v) is 9.76. The van der Waals surface area contributed by atoms with Gasteiger partial charge >= 0.3 is 6.09 Å². The lowest BCUT2D eigenvalue weighted by molar-refractivity contribution is -0.132. The zero-order valence-corrected chi connectivity index (χ0v) is 16.2. The van der Waals surface area contributed by atoms with Crippen molar-refractivity contribution in [2.45, 2.75) is 13.0 Å². The number of benzene rings is 1. The molecule has 7 nitrogen and oxygen atoms in total. The lowest BCUT2D eigenvalue weighted by atomic mass is 10.2. The van der Waals surface area contributed by atoms with Gasteiger partial charge in [0.1, 0.15) is 6.61 Å². The zero-order chi connectivity index (χ0) is 19.1. The van der Waals surface area contributed by atoms with E-state index >= 15 is 0 Å². The molecule has 2 heterocycles. The number of rotatable bonds is 4. The summed E-state index contributed by atoms with van der Waals surface area (Å²) >= 11 is 0. The van der Waals surface area contributed by atoms with Gasteiger partial charge in [-0.3, -0.25) is 9.69 Å². The number of amides is 2. The molecule has 1 aromatic rings. The molecule has 0 unspecified atom stereocenters. The number of piperazine rings is 1. The minimum Gasteiger partial charge on any atom is -0.445 e. The molecule has 2 aliphatic rings. The maximum absolute atomic E-state index is 12.6. The van der Waals surface area contributed by atoms with Crippen LogP contribution in [0, 0.1) is 0 Å². The Morgan fingerprint density at radius 2 is 1.59 bits per heavy atom. The number of hydrogen-bond donors (Lipinski definition) is 0. The smallest absolute Gasteiger partial charge is 0.410 e. The molecule has 2 fully saturated rings. The molecule has 1 aromatic carbocycles. The Balaban J connectivity index is 1.38. The minimum absolute atomic E-state index is 0.199. The van der Waals surface area contributed by atoms with Gasteiger partial charge in [-0.15, -0.1) is 0 Å². The third kappa shape index (κ3) is 5.94. The Kier molecular flexibility index (Phi) is 7.06. The molecular formula is C20H30N4O3. The number of nitrogens with zero attached hydrogens (tertiary/aromatic N) is 4. The summed E-state index contributed by atoms with van der Waals surface area (Å²) in [5.74, 6) is 0.199. The topological polar surface area (TPSA) is 56.3 Å². The molecule has 7 heteroatoms. The molecule has 148 valence electrons. The van der Waals surface area contributed by atoms with Crippen LogP contribution in [0.5, 0.6) is 0 Å². The van der Waals surface area contributed by atoms with Gasteiger partial charge in [-0.25, -0.2) is 4.79 Å². The van der Waals surface area contributed by atoms with Crippen molar-refractivity contribution in [1.29, 1.82) is 0 Å². The number of hydrogen-bond acceptors (Lipinski definition) is 5. The summed E-state index contributed by atoms with van der Waals surface area (Å²) in [6, 6.07) is 9.69. The van der Waals surface area contributed by atoms with Gasteiger partial charge in [0.05, 0.1) is 6.54 Å². The molecule has 0 aliphatic carbocycles. The Morgan fingerprint density at radius 1 is 0.889 bits per heavy atom. The van der Waals surface area contributed by atoms with E-state index in [1.807, 2.05) is 35.2 Å². The van der Waals surface area contributed by atoms with Crippen molar-refractivity contribution in [3.8, 4) is 0 Å². The largest absolute Gasteiger partial charge is 0.445 e. The molecule has 2 aliphatic heterocycles. The maximum atomic E-state index is 12.6. The average Bonchev–Trinajstić information content (AvgIpc) is 2.92. The third-order valence-corrected chi connectivity index (χ3v) is 5.27. The first-order valence-electron chi connectivity index (χ1n) is 9.76. The second kappa shape index (κ2) is 9.71. The van der Waals surface area contributed by atoms with Crippen LogP contribution in [0.2, 0.25) is 0 Å². The van der Waals surface area contributed by atoms with Crippen molar-refractivity contribution in [1.82, 2.24) is 19.6 Å². The number of ether oxygens (including phenoxy) is 1. The fourth-order valence-corrected chi connectivity index (χ4v) is 3.49. The summed E-state index contributed by atoms with van der Waals surface area (Å²) < 4.78 is 5.39. The van der Waals surface area contributed by atoms with Crippen LogP contribution >= 0.6 is 0 Å². The van der Waals surface area contributed by atoms with Gasteiger partial charge in [0, 0.05) is 45.8 Å². The normalized spacial score (nSPS) is 19.6. The van der Waals surface area contributed by atoms with Crippen LogP contribution in [0.4, 0.5) is 4.79 Å². The highest BCUT2D eigenvalue weighted by atomic mass is 16.6. The second-order valence-corrected chi connectivity index (χ2v) is 7.34. The van der Waals surface area contributed by atoms with Crippen LogP contribution in [0.3, 0.4) is 0 Å². The van der Waals surface area contributed by atoms with Crippen molar-refractivity contribution in [2.75, 3.05) is 66.0 Å². The predicted octanol–water partition coefficient (Wildman–Crippen LogP) is 1.10. The van der Waals surface area contributed by atoms with Crippen LogP contribution in [0.15, 0.2) is 30.3 Å². The highest BCUT2D eigenvalue weighted by Gasteiger charge is 2.25. The van der Waals surface area contributed by atoms with Gasteiger partial charge in [0.25, 0.3) is 0 Å². The fourth-order valence-electron chi connectivity index (χ4n) is 3.49. The molecular weight excluding hydrogens is 344 g/mol. The SMILES string of the molecule is CN1CCCN(C(=O)CN2CCN(C(=O)OCc3ccccc3)CC2)CC1. The van der Waals surface area contributed by atoms with E-state index in [0.29, 0.717) is 39.3 Å². The quantitative estimate of drug-likeness (QED) is 0.790. The Hall–Kier alpha value is -2.12. The lowest BCUT2D eigenvalue weighted by Crippen LogP contribution is -2.51. The molecule has 0 bridgehead atoms. The van der Waals surface area contributed by atoms with Gasteiger partial charge in [0.2, 0.25) is 5.91 Å². The van der Waals surface area contributed by atoms with E-state index in [2.05, 4.69) is 16.8 Å². The molecule has 2 amide bonds. The summed E-state index contributed by atoms with van der Waals surface area (Å²) in [5, 5.41) is 0. The van der Waals surface area contributed by atoms with Crippen LogP contribution in [-0.2, 0) is 16.1 Å². The van der Waals surface area contributed by atoms with Crippen molar-refractivity contribution in [3.05, 3.63) is 35.9 Å². The molecule has 0 radical (unpaired) electrons. The molecule has 3 rings (SSSR count). The van der Waals surface area contributed by atoms with E-state index < -0.39 is 0 Å². The molecule has 27 heavy (non-hydrogen) atoms. The zero-order valence-electron chi connectivity index (χ0n) is 16.2. The number of carbonyl (C=O) groups excluding carboxylic acids is 2. The first-order chi connectivity index (χ1) is 13.1. The van der Waals surface area contributed by atoms with Gasteiger partial charge in [-0.05, 0) is 25.6 Å². The van der Waals surface area contributed by atoms with Crippen molar-refractivity contribution >= 4 is 12.0 Å². The predicted molar refractivity (Wildman–Crippen MR) is 103 cm³/mol. The molecule has 2 saturated heterocycles. The monoisotopic (exact) mass is 374 g/mol. The van der Waals surface area contributed by atoms with E-state index in [0.717, 1.165) is 38.2 Å². The summed E-state index contributed by atoms with van der Waals surface area (Å²) in [7, 11) is 2.10. The van der Waals surface area contributed by atoms with Gasteiger partial charge in [0.15, 0.2) is 0 Å². The van der Waals surface area contributed by atoms with Crippen LogP contribution in [-0.4, -0.2) is 97.6 Å². The van der Waals surface area contributed by atoms with Crippen LogP contribution in [0.1, 0.15) is 12.0 Å². The Labute approximate surface area is 161 Å². The van der Waals surface area contributed by atoms with Crippen molar-refractivity contribution in [3.63, 3.8) is 0 Å². The summed E-state index contributed by atoms with van der Waals surface area (Å²) in [5.41, 5.74) is 0.984. The van der Waals surface area contributed by atoms with Crippen molar-refractivity contribution < 1.29 is 14.3 Å². The fraction of sp³-hybridized carbons (Fsp3) is 0.600. The molecule has 0 aromatic heterocycles. The van der Waals surface area contributed by atoms with Gasteiger partial charge in [-0.2, -0.15) is 0 Å². The number of likely N-dealkylation sites (N-methyl/N-ethyl adjacent to an activating group) is 1. The van der Waals surface area contributed by atoms with E-state index in [1.165, 1.54) is 0 Å². The van der Waals surface area contributed by atoms with E-state index in [4.69, 9.17) is 4.74 Å². The minimum atomic E-state index is -0.277. The first kappa shape index (κ1) is 19.6. The highest BCUT2D eigenvalue weighted by Crippen LogP contribution is 2.08. The standard InChI is InChI=1S/C20H30N4O3/c1-21-8-5-9-23(13-10-21)19(25)16-22-11-14-24(15-12-22)20(26)27-17-18-6-3-2-4-7-18/h2-4,6-7H,5,8-17H2,1H3. The molecule has 0 saturated carbocycles. The van der Waals surface area contributed by atoms with Crippen molar-refractivity contribution in [2.24, 2.45) is 0 Å². The third-order valence-electron chi connectivity index (χ3n) is 5.27. The Morgan fingerprint density at radius 3 is 2.33 bits per heavy atom. The van der Waals surface area contributed by atoms with E-state index in [-0.39, 0.29) is 12.0 Å². The van der Waals surface area contributed by atoms with Crippen LogP contribution in [0.25, 0.3) is 0 Å². The highest BCUT2D eigenvalue weighted by molar-refractivity contribution is 5.78. The Bertz CT molecular complexity index is 617. The van der Waals surface area contributed by atoms with Crippen LogP contribution < -0.4 is 0 Å². The van der Waals surface area contributed by atoms with Gasteiger partial charge in [-0.1, -0.05) is 30.3 Å². The van der Waals surface area contributed by atoms with E-state index in [9.17, 15) is 9.59 Å². The molecule has 0 atom stereocenters. The number of carbonyl (C=O) groups is 2.